The molecule has 1 aromatic carbocycles. The first-order valence-corrected chi connectivity index (χ1v) is 3.83. The summed E-state index contributed by atoms with van der Waals surface area (Å²) < 4.78 is 12.5. The predicted molar refractivity (Wildman–Crippen MR) is 48.1 cm³/mol. The first-order chi connectivity index (χ1) is 6.09. The number of hydrogen-bond donors (Lipinski definition) is 1. The number of carboxylic acid groups (broad SMARTS) is 1. The maximum atomic E-state index is 12.5. The molecule has 13 heavy (non-hydrogen) atoms. The van der Waals surface area contributed by atoms with Gasteiger partial charge in [-0.1, -0.05) is 17.7 Å². The van der Waals surface area contributed by atoms with Gasteiger partial charge in [-0.05, 0) is 23.8 Å². The number of carbonyl (C=O) groups is 1. The van der Waals surface area contributed by atoms with Gasteiger partial charge in [-0.15, -0.1) is 0 Å². The van der Waals surface area contributed by atoms with E-state index in [0.717, 1.165) is 12.1 Å². The molecule has 0 aliphatic heterocycles. The van der Waals surface area contributed by atoms with Crippen LogP contribution >= 0.6 is 11.6 Å². The van der Waals surface area contributed by atoms with E-state index < -0.39 is 11.8 Å². The highest BCUT2D eigenvalue weighted by atomic mass is 35.5. The third-order valence-electron chi connectivity index (χ3n) is 1.37. The molecule has 1 aromatic rings. The number of hydrogen-bond acceptors (Lipinski definition) is 1. The van der Waals surface area contributed by atoms with E-state index in [2.05, 4.69) is 0 Å². The van der Waals surface area contributed by atoms with Gasteiger partial charge >= 0.3 is 5.97 Å². The molecule has 0 atom stereocenters. The summed E-state index contributed by atoms with van der Waals surface area (Å²) in [6.07, 6.45) is 2.25. The third-order valence-corrected chi connectivity index (χ3v) is 1.70. The maximum absolute atomic E-state index is 12.5. The number of rotatable bonds is 2. The Morgan fingerprint density at radius 2 is 2.23 bits per heavy atom. The quantitative estimate of drug-likeness (QED) is 0.745. The highest BCUT2D eigenvalue weighted by molar-refractivity contribution is 6.32. The summed E-state index contributed by atoms with van der Waals surface area (Å²) in [5.74, 6) is -1.52. The first-order valence-electron chi connectivity index (χ1n) is 3.45. The molecule has 0 radical (unpaired) electrons. The fraction of sp³-hybridized carbons (Fsp3) is 0. The average molecular weight is 201 g/mol. The van der Waals surface area contributed by atoms with E-state index in [9.17, 15) is 9.18 Å². The van der Waals surface area contributed by atoms with Crippen molar-refractivity contribution in [1.29, 1.82) is 0 Å². The number of benzene rings is 1. The van der Waals surface area contributed by atoms with Crippen molar-refractivity contribution >= 4 is 23.6 Å². The summed E-state index contributed by atoms with van der Waals surface area (Å²) in [6, 6.07) is 3.76. The van der Waals surface area contributed by atoms with Gasteiger partial charge in [0.25, 0.3) is 0 Å². The lowest BCUT2D eigenvalue weighted by molar-refractivity contribution is -0.131. The summed E-state index contributed by atoms with van der Waals surface area (Å²) in [5, 5.41) is 8.51. The second kappa shape index (κ2) is 4.05. The summed E-state index contributed by atoms with van der Waals surface area (Å²) in [5.41, 5.74) is 0.477. The standard InChI is InChI=1S/C9H6ClFO2/c10-8-5-7(11)3-1-6(8)2-4-9(12)13/h1-5H,(H,12,13)/b4-2-. The van der Waals surface area contributed by atoms with Crippen molar-refractivity contribution in [3.8, 4) is 0 Å². The van der Waals surface area contributed by atoms with Gasteiger partial charge in [-0.25, -0.2) is 9.18 Å². The Balaban J connectivity index is 2.96. The lowest BCUT2D eigenvalue weighted by Crippen LogP contribution is -1.86. The van der Waals surface area contributed by atoms with Crippen LogP contribution in [0.4, 0.5) is 4.39 Å². The van der Waals surface area contributed by atoms with E-state index in [1.54, 1.807) is 0 Å². The molecule has 0 aliphatic carbocycles. The molecule has 0 spiro atoms. The minimum absolute atomic E-state index is 0.192. The minimum Gasteiger partial charge on any atom is -0.478 e. The summed E-state index contributed by atoms with van der Waals surface area (Å²) in [4.78, 5) is 10.1. The van der Waals surface area contributed by atoms with E-state index >= 15 is 0 Å². The van der Waals surface area contributed by atoms with Crippen LogP contribution in [0.15, 0.2) is 24.3 Å². The van der Waals surface area contributed by atoms with Gasteiger partial charge in [-0.2, -0.15) is 0 Å². The molecule has 4 heteroatoms. The van der Waals surface area contributed by atoms with Gasteiger partial charge in [0.05, 0.1) is 5.02 Å². The molecule has 0 heterocycles. The highest BCUT2D eigenvalue weighted by Crippen LogP contribution is 2.18. The Morgan fingerprint density at radius 1 is 1.54 bits per heavy atom. The van der Waals surface area contributed by atoms with Crippen LogP contribution < -0.4 is 0 Å². The number of halogens is 2. The smallest absolute Gasteiger partial charge is 0.328 e. The Labute approximate surface area is 79.3 Å². The summed E-state index contributed by atoms with van der Waals surface area (Å²) in [7, 11) is 0. The highest BCUT2D eigenvalue weighted by Gasteiger charge is 1.98. The van der Waals surface area contributed by atoms with Crippen molar-refractivity contribution in [3.63, 3.8) is 0 Å². The SMILES string of the molecule is O=C(O)/C=C\c1ccc(F)cc1Cl. The lowest BCUT2D eigenvalue weighted by Gasteiger charge is -1.96. The largest absolute Gasteiger partial charge is 0.478 e. The maximum Gasteiger partial charge on any atom is 0.328 e. The first kappa shape index (κ1) is 9.74. The molecule has 0 fully saturated rings. The molecule has 0 aliphatic rings. The number of aliphatic carboxylic acids is 1. The zero-order valence-corrected chi connectivity index (χ0v) is 7.25. The van der Waals surface area contributed by atoms with Crippen LogP contribution in [0.1, 0.15) is 5.56 Å². The lowest BCUT2D eigenvalue weighted by atomic mass is 10.2. The van der Waals surface area contributed by atoms with Crippen molar-refractivity contribution < 1.29 is 14.3 Å². The van der Waals surface area contributed by atoms with E-state index in [-0.39, 0.29) is 5.02 Å². The molecule has 0 saturated heterocycles. The second-order valence-corrected chi connectivity index (χ2v) is 2.74. The van der Waals surface area contributed by atoms with Crippen molar-refractivity contribution in [2.45, 2.75) is 0 Å². The van der Waals surface area contributed by atoms with E-state index in [4.69, 9.17) is 16.7 Å². The Hall–Kier alpha value is -1.35. The van der Waals surface area contributed by atoms with Crippen molar-refractivity contribution in [2.24, 2.45) is 0 Å². The molecule has 0 unspecified atom stereocenters. The van der Waals surface area contributed by atoms with E-state index in [1.807, 2.05) is 0 Å². The van der Waals surface area contributed by atoms with Crippen LogP contribution in [0.25, 0.3) is 6.08 Å². The molecule has 0 saturated carbocycles. The van der Waals surface area contributed by atoms with Gasteiger partial charge in [0.1, 0.15) is 5.82 Å². The normalized spacial score (nSPS) is 10.6. The minimum atomic E-state index is -1.07. The summed E-state index contributed by atoms with van der Waals surface area (Å²) >= 11 is 5.63. The molecule has 0 aromatic heterocycles. The molecule has 1 rings (SSSR count). The van der Waals surface area contributed by atoms with Crippen LogP contribution in [0.5, 0.6) is 0 Å². The van der Waals surface area contributed by atoms with Crippen LogP contribution in [0.2, 0.25) is 5.02 Å². The topological polar surface area (TPSA) is 37.3 Å². The summed E-state index contributed by atoms with van der Waals surface area (Å²) in [6.45, 7) is 0. The monoisotopic (exact) mass is 200 g/mol. The van der Waals surface area contributed by atoms with Crippen molar-refractivity contribution in [3.05, 3.63) is 40.7 Å². The Bertz CT molecular complexity index is 361. The molecular weight excluding hydrogens is 195 g/mol. The molecule has 2 nitrogen and oxygen atoms in total. The van der Waals surface area contributed by atoms with Gasteiger partial charge in [0.15, 0.2) is 0 Å². The van der Waals surface area contributed by atoms with Crippen LogP contribution in [0, 0.1) is 5.82 Å². The van der Waals surface area contributed by atoms with E-state index in [0.29, 0.717) is 5.56 Å². The zero-order valence-electron chi connectivity index (χ0n) is 6.50. The van der Waals surface area contributed by atoms with Crippen LogP contribution in [0.3, 0.4) is 0 Å². The molecule has 1 N–H and O–H groups in total. The Morgan fingerprint density at radius 3 is 2.77 bits per heavy atom. The molecule has 0 amide bonds. The van der Waals surface area contributed by atoms with Gasteiger partial charge < -0.3 is 5.11 Å². The van der Waals surface area contributed by atoms with Gasteiger partial charge in [0.2, 0.25) is 0 Å². The second-order valence-electron chi connectivity index (χ2n) is 2.34. The molecule has 0 bridgehead atoms. The van der Waals surface area contributed by atoms with Gasteiger partial charge in [0, 0.05) is 6.08 Å². The third kappa shape index (κ3) is 2.87. The van der Waals surface area contributed by atoms with Crippen molar-refractivity contribution in [2.75, 3.05) is 0 Å². The zero-order chi connectivity index (χ0) is 9.84. The Kier molecular flexibility index (Phi) is 3.03. The fourth-order valence-corrected chi connectivity index (χ4v) is 1.03. The van der Waals surface area contributed by atoms with E-state index in [1.165, 1.54) is 18.2 Å². The average Bonchev–Trinajstić information content (AvgIpc) is 2.02. The molecule has 68 valence electrons. The molecular formula is C9H6ClFO2. The number of carboxylic acids is 1. The van der Waals surface area contributed by atoms with Gasteiger partial charge in [-0.3, -0.25) is 0 Å². The predicted octanol–water partition coefficient (Wildman–Crippen LogP) is 2.58. The van der Waals surface area contributed by atoms with Crippen LogP contribution in [-0.2, 0) is 4.79 Å². The van der Waals surface area contributed by atoms with Crippen molar-refractivity contribution in [1.82, 2.24) is 0 Å². The van der Waals surface area contributed by atoms with Crippen LogP contribution in [-0.4, -0.2) is 11.1 Å². The fourth-order valence-electron chi connectivity index (χ4n) is 0.798.